The number of rotatable bonds is 1. The third kappa shape index (κ3) is 3.99. The van der Waals surface area contributed by atoms with Crippen LogP contribution in [0.3, 0.4) is 0 Å². The average Bonchev–Trinajstić information content (AvgIpc) is 2.20. The van der Waals surface area contributed by atoms with Gasteiger partial charge in [-0.3, -0.25) is 5.32 Å². The van der Waals surface area contributed by atoms with E-state index in [1.165, 1.54) is 0 Å². The Balaban J connectivity index is 2.96. The molecule has 1 aromatic rings. The number of hydrogen-bond donors (Lipinski definition) is 1. The highest BCUT2D eigenvalue weighted by Crippen LogP contribution is 2.34. The lowest BCUT2D eigenvalue weighted by atomic mass is 10.1. The Hall–Kier alpha value is -0.550. The third-order valence-corrected chi connectivity index (χ3v) is 4.48. The van der Waals surface area contributed by atoms with Gasteiger partial charge in [-0.25, -0.2) is 4.79 Å². The van der Waals surface area contributed by atoms with E-state index in [2.05, 4.69) is 37.2 Å². The largest absolute Gasteiger partial charge is 0.444 e. The molecule has 0 aromatic heterocycles. The lowest BCUT2D eigenvalue weighted by Crippen LogP contribution is -2.27. The van der Waals surface area contributed by atoms with Crippen LogP contribution in [0.4, 0.5) is 10.5 Å². The number of nitrogens with one attached hydrogen (secondary N) is 1. The molecule has 0 aliphatic carbocycles. The molecule has 0 saturated carbocycles. The first-order chi connectivity index (χ1) is 8.11. The number of anilines is 1. The van der Waals surface area contributed by atoms with E-state index in [-0.39, 0.29) is 0 Å². The van der Waals surface area contributed by atoms with Crippen LogP contribution < -0.4 is 5.32 Å². The summed E-state index contributed by atoms with van der Waals surface area (Å²) in [6.45, 7) is 9.45. The van der Waals surface area contributed by atoms with Crippen LogP contribution in [0.2, 0.25) is 0 Å². The molecule has 0 aliphatic heterocycles. The van der Waals surface area contributed by atoms with Gasteiger partial charge in [0, 0.05) is 8.95 Å². The molecule has 100 valence electrons. The van der Waals surface area contributed by atoms with Gasteiger partial charge in [0.15, 0.2) is 0 Å². The van der Waals surface area contributed by atoms with E-state index >= 15 is 0 Å². The maximum atomic E-state index is 11.7. The summed E-state index contributed by atoms with van der Waals surface area (Å²) in [4.78, 5) is 11.7. The van der Waals surface area contributed by atoms with Crippen molar-refractivity contribution in [1.29, 1.82) is 0 Å². The highest BCUT2D eigenvalue weighted by molar-refractivity contribution is 9.11. The van der Waals surface area contributed by atoms with Crippen LogP contribution in [-0.2, 0) is 4.74 Å². The van der Waals surface area contributed by atoms with Crippen LogP contribution in [0.1, 0.15) is 31.9 Å². The zero-order valence-electron chi connectivity index (χ0n) is 11.1. The topological polar surface area (TPSA) is 38.3 Å². The van der Waals surface area contributed by atoms with Crippen molar-refractivity contribution >= 4 is 43.6 Å². The first kappa shape index (κ1) is 15.5. The van der Waals surface area contributed by atoms with Gasteiger partial charge in [-0.2, -0.15) is 0 Å². The normalized spacial score (nSPS) is 11.3. The summed E-state index contributed by atoms with van der Waals surface area (Å²) in [5.41, 5.74) is 2.31. The van der Waals surface area contributed by atoms with E-state index < -0.39 is 11.7 Å². The Morgan fingerprint density at radius 3 is 2.28 bits per heavy atom. The molecule has 0 spiro atoms. The molecule has 18 heavy (non-hydrogen) atoms. The Labute approximate surface area is 125 Å². The number of carbonyl (C=O) groups excluding carboxylic acids is 1. The Morgan fingerprint density at radius 2 is 1.78 bits per heavy atom. The smallest absolute Gasteiger partial charge is 0.412 e. The number of hydrogen-bond acceptors (Lipinski definition) is 2. The van der Waals surface area contributed by atoms with Crippen LogP contribution in [0.25, 0.3) is 0 Å². The van der Waals surface area contributed by atoms with E-state index in [4.69, 9.17) is 4.74 Å². The van der Waals surface area contributed by atoms with Gasteiger partial charge in [0.2, 0.25) is 0 Å². The van der Waals surface area contributed by atoms with Crippen LogP contribution in [0.15, 0.2) is 15.0 Å². The van der Waals surface area contributed by atoms with Crippen molar-refractivity contribution in [2.24, 2.45) is 0 Å². The highest BCUT2D eigenvalue weighted by atomic mass is 79.9. The number of carbonyl (C=O) groups is 1. The summed E-state index contributed by atoms with van der Waals surface area (Å²) < 4.78 is 7.11. The van der Waals surface area contributed by atoms with Gasteiger partial charge >= 0.3 is 6.09 Å². The predicted octanol–water partition coefficient (Wildman–Crippen LogP) is 5.18. The number of ether oxygens (including phenoxy) is 1. The summed E-state index contributed by atoms with van der Waals surface area (Å²) in [5, 5.41) is 2.75. The van der Waals surface area contributed by atoms with Gasteiger partial charge in [-0.1, -0.05) is 15.9 Å². The molecule has 1 rings (SSSR count). The minimum Gasteiger partial charge on any atom is -0.444 e. The lowest BCUT2D eigenvalue weighted by Gasteiger charge is -2.20. The molecule has 0 radical (unpaired) electrons. The fraction of sp³-hybridized carbons (Fsp3) is 0.462. The number of amides is 1. The zero-order chi connectivity index (χ0) is 14.1. The molecule has 5 heteroatoms. The first-order valence-electron chi connectivity index (χ1n) is 5.57. The molecule has 0 saturated heterocycles. The summed E-state index contributed by atoms with van der Waals surface area (Å²) in [7, 11) is 0. The molecule has 1 N–H and O–H groups in total. The van der Waals surface area contributed by atoms with Crippen molar-refractivity contribution in [3.8, 4) is 0 Å². The average molecular weight is 379 g/mol. The molecule has 1 aromatic carbocycles. The number of halogens is 2. The quantitative estimate of drug-likeness (QED) is 0.731. The second kappa shape index (κ2) is 5.61. The van der Waals surface area contributed by atoms with Crippen molar-refractivity contribution in [2.45, 2.75) is 40.2 Å². The molecule has 0 aliphatic rings. The fourth-order valence-corrected chi connectivity index (χ4v) is 2.43. The van der Waals surface area contributed by atoms with E-state index in [1.807, 2.05) is 40.7 Å². The van der Waals surface area contributed by atoms with Gasteiger partial charge in [-0.05, 0) is 67.7 Å². The predicted molar refractivity (Wildman–Crippen MR) is 81.2 cm³/mol. The summed E-state index contributed by atoms with van der Waals surface area (Å²) >= 11 is 6.98. The molecule has 0 heterocycles. The maximum Gasteiger partial charge on any atom is 0.412 e. The van der Waals surface area contributed by atoms with Crippen molar-refractivity contribution < 1.29 is 9.53 Å². The van der Waals surface area contributed by atoms with Crippen LogP contribution >= 0.6 is 31.9 Å². The standard InChI is InChI=1S/C13H17Br2NO2/c1-7-6-9(11(15)8(2)10(7)14)16-12(17)18-13(3,4)5/h6H,1-5H3,(H,16,17). The zero-order valence-corrected chi connectivity index (χ0v) is 14.3. The van der Waals surface area contributed by atoms with Gasteiger partial charge in [0.25, 0.3) is 0 Å². The van der Waals surface area contributed by atoms with Crippen LogP contribution in [-0.4, -0.2) is 11.7 Å². The minimum atomic E-state index is -0.504. The van der Waals surface area contributed by atoms with Crippen molar-refractivity contribution in [3.63, 3.8) is 0 Å². The van der Waals surface area contributed by atoms with E-state index in [0.29, 0.717) is 5.69 Å². The number of aryl methyl sites for hydroxylation is 1. The Kier molecular flexibility index (Phi) is 4.84. The van der Waals surface area contributed by atoms with Crippen molar-refractivity contribution in [2.75, 3.05) is 5.32 Å². The molecular formula is C13H17Br2NO2. The second-order valence-electron chi connectivity index (χ2n) is 5.12. The van der Waals surface area contributed by atoms with Crippen molar-refractivity contribution in [1.82, 2.24) is 0 Å². The summed E-state index contributed by atoms with van der Waals surface area (Å²) in [5.74, 6) is 0. The summed E-state index contributed by atoms with van der Waals surface area (Å²) in [6.07, 6.45) is -0.454. The van der Waals surface area contributed by atoms with E-state index in [0.717, 1.165) is 20.1 Å². The highest BCUT2D eigenvalue weighted by Gasteiger charge is 2.18. The molecule has 1 amide bonds. The maximum absolute atomic E-state index is 11.7. The Bertz CT molecular complexity index is 479. The van der Waals surface area contributed by atoms with Gasteiger partial charge in [0.05, 0.1) is 5.69 Å². The van der Waals surface area contributed by atoms with Gasteiger partial charge < -0.3 is 4.74 Å². The fourth-order valence-electron chi connectivity index (χ4n) is 1.44. The number of benzene rings is 1. The molecule has 0 fully saturated rings. The lowest BCUT2D eigenvalue weighted by molar-refractivity contribution is 0.0636. The SMILES string of the molecule is Cc1cc(NC(=O)OC(C)(C)C)c(Br)c(C)c1Br. The van der Waals surface area contributed by atoms with Gasteiger partial charge in [0.1, 0.15) is 5.60 Å². The third-order valence-electron chi connectivity index (χ3n) is 2.24. The minimum absolute atomic E-state index is 0.454. The molecule has 3 nitrogen and oxygen atoms in total. The second-order valence-corrected chi connectivity index (χ2v) is 6.71. The molecule has 0 atom stereocenters. The molecular weight excluding hydrogens is 362 g/mol. The Morgan fingerprint density at radius 1 is 1.22 bits per heavy atom. The van der Waals surface area contributed by atoms with Crippen LogP contribution in [0.5, 0.6) is 0 Å². The first-order valence-corrected chi connectivity index (χ1v) is 7.15. The van der Waals surface area contributed by atoms with E-state index in [9.17, 15) is 4.79 Å². The van der Waals surface area contributed by atoms with Crippen molar-refractivity contribution in [3.05, 3.63) is 26.1 Å². The van der Waals surface area contributed by atoms with Crippen LogP contribution in [0, 0.1) is 13.8 Å². The molecule has 0 bridgehead atoms. The van der Waals surface area contributed by atoms with Gasteiger partial charge in [-0.15, -0.1) is 0 Å². The van der Waals surface area contributed by atoms with E-state index in [1.54, 1.807) is 0 Å². The monoisotopic (exact) mass is 377 g/mol. The summed E-state index contributed by atoms with van der Waals surface area (Å²) in [6, 6.07) is 1.89. The molecule has 0 unspecified atom stereocenters.